The van der Waals surface area contributed by atoms with Crippen molar-refractivity contribution in [1.29, 1.82) is 0 Å². The highest BCUT2D eigenvalue weighted by molar-refractivity contribution is 5.73. The van der Waals surface area contributed by atoms with E-state index in [9.17, 15) is 9.18 Å². The minimum atomic E-state index is -0.703. The van der Waals surface area contributed by atoms with Crippen LogP contribution in [0.25, 0.3) is 0 Å². The lowest BCUT2D eigenvalue weighted by atomic mass is 9.77. The fourth-order valence-corrected chi connectivity index (χ4v) is 3.48. The Labute approximate surface area is 128 Å². The third-order valence-corrected chi connectivity index (χ3v) is 4.93. The smallest absolute Gasteiger partial charge is 0.131 e. The number of nitrogens with zero attached hydrogens (tertiary/aromatic N) is 2. The van der Waals surface area contributed by atoms with Gasteiger partial charge >= 0.3 is 0 Å². The molecule has 1 saturated carbocycles. The zero-order chi connectivity index (χ0) is 15.3. The summed E-state index contributed by atoms with van der Waals surface area (Å²) in [4.78, 5) is 21.0. The van der Waals surface area contributed by atoms with Crippen LogP contribution >= 0.6 is 0 Å². The van der Waals surface area contributed by atoms with Crippen molar-refractivity contribution in [3.8, 4) is 0 Å². The topological polar surface area (TPSA) is 42.9 Å². The first-order valence-corrected chi connectivity index (χ1v) is 7.69. The van der Waals surface area contributed by atoms with Gasteiger partial charge in [0.25, 0.3) is 0 Å². The van der Waals surface area contributed by atoms with Crippen molar-refractivity contribution in [1.82, 2.24) is 9.97 Å². The lowest BCUT2D eigenvalue weighted by Gasteiger charge is -2.24. The van der Waals surface area contributed by atoms with Crippen LogP contribution in [0.1, 0.15) is 47.0 Å². The van der Waals surface area contributed by atoms with Gasteiger partial charge < -0.3 is 4.79 Å². The van der Waals surface area contributed by atoms with Crippen molar-refractivity contribution in [3.63, 3.8) is 0 Å². The van der Waals surface area contributed by atoms with Gasteiger partial charge in [0.1, 0.15) is 17.9 Å². The van der Waals surface area contributed by atoms with E-state index >= 15 is 0 Å². The number of hydrogen-bond donors (Lipinski definition) is 0. The minimum Gasteiger partial charge on any atom is -0.302 e. The highest BCUT2D eigenvalue weighted by Crippen LogP contribution is 2.42. The second-order valence-electron chi connectivity index (χ2n) is 6.51. The molecule has 0 N–H and O–H groups in total. The Morgan fingerprint density at radius 3 is 2.86 bits per heavy atom. The molecule has 0 radical (unpaired) electrons. The van der Waals surface area contributed by atoms with Crippen molar-refractivity contribution in [3.05, 3.63) is 58.4 Å². The molecule has 1 aromatic carbocycles. The Balaban J connectivity index is 1.77. The highest BCUT2D eigenvalue weighted by atomic mass is 19.1. The first-order valence-electron chi connectivity index (χ1n) is 7.69. The Morgan fingerprint density at radius 2 is 2.14 bits per heavy atom. The van der Waals surface area contributed by atoms with Gasteiger partial charge in [-0.05, 0) is 48.9 Å². The van der Waals surface area contributed by atoms with Crippen LogP contribution in [-0.4, -0.2) is 16.3 Å². The summed E-state index contributed by atoms with van der Waals surface area (Å²) < 4.78 is 13.9. The van der Waals surface area contributed by atoms with Crippen LogP contribution in [-0.2, 0) is 23.1 Å². The number of hydrogen-bond acceptors (Lipinski definition) is 3. The molecule has 4 heteroatoms. The summed E-state index contributed by atoms with van der Waals surface area (Å²) in [5.41, 5.74) is 2.59. The number of benzene rings is 1. The number of carbonyl (C=O) groups excluding carboxylic acids is 1. The van der Waals surface area contributed by atoms with Crippen LogP contribution in [0.4, 0.5) is 4.39 Å². The molecule has 4 rings (SSSR count). The van der Waals surface area contributed by atoms with Crippen LogP contribution < -0.4 is 0 Å². The molecule has 0 unspecified atom stereocenters. The van der Waals surface area contributed by atoms with Crippen LogP contribution in [0.2, 0.25) is 0 Å². The maximum absolute atomic E-state index is 13.9. The van der Waals surface area contributed by atoms with Crippen molar-refractivity contribution < 1.29 is 9.18 Å². The van der Waals surface area contributed by atoms with Crippen LogP contribution in [0.15, 0.2) is 24.4 Å². The van der Waals surface area contributed by atoms with Gasteiger partial charge in [0.05, 0.1) is 5.41 Å². The summed E-state index contributed by atoms with van der Waals surface area (Å²) >= 11 is 0. The van der Waals surface area contributed by atoms with E-state index in [4.69, 9.17) is 0 Å². The van der Waals surface area contributed by atoms with E-state index in [0.29, 0.717) is 24.3 Å². The third kappa shape index (κ3) is 1.97. The summed E-state index contributed by atoms with van der Waals surface area (Å²) in [5.74, 6) is 1.13. The number of halogens is 1. The average Bonchev–Trinajstić information content (AvgIpc) is 3.30. The molecule has 0 amide bonds. The molecular formula is C18H17FN2O. The Morgan fingerprint density at radius 1 is 1.32 bits per heavy atom. The maximum atomic E-state index is 13.9. The number of aromatic nitrogens is 2. The quantitative estimate of drug-likeness (QED) is 0.818. The Bertz CT molecular complexity index is 770. The van der Waals surface area contributed by atoms with E-state index in [0.717, 1.165) is 41.8 Å². The SMILES string of the molecule is Cc1c(F)cccc1[C@@]1(C=O)Cc2cnc(C3CC3)nc2C1. The van der Waals surface area contributed by atoms with Crippen molar-refractivity contribution >= 4 is 6.29 Å². The summed E-state index contributed by atoms with van der Waals surface area (Å²) in [6, 6.07) is 4.96. The minimum absolute atomic E-state index is 0.264. The molecule has 1 heterocycles. The predicted molar refractivity (Wildman–Crippen MR) is 80.3 cm³/mol. The van der Waals surface area contributed by atoms with Crippen LogP contribution in [0, 0.1) is 12.7 Å². The van der Waals surface area contributed by atoms with E-state index in [1.807, 2.05) is 12.3 Å². The molecule has 0 aliphatic heterocycles. The summed E-state index contributed by atoms with van der Waals surface area (Å²) in [6.07, 6.45) is 6.23. The molecule has 0 saturated heterocycles. The maximum Gasteiger partial charge on any atom is 0.131 e. The van der Waals surface area contributed by atoms with Gasteiger partial charge in [-0.25, -0.2) is 14.4 Å². The van der Waals surface area contributed by atoms with E-state index in [1.54, 1.807) is 13.0 Å². The molecule has 1 atom stereocenters. The largest absolute Gasteiger partial charge is 0.302 e. The number of rotatable bonds is 3. The average molecular weight is 296 g/mol. The fraction of sp³-hybridized carbons (Fsp3) is 0.389. The summed E-state index contributed by atoms with van der Waals surface area (Å²) in [6.45, 7) is 1.74. The molecule has 1 aromatic heterocycles. The zero-order valence-electron chi connectivity index (χ0n) is 12.5. The van der Waals surface area contributed by atoms with Crippen molar-refractivity contribution in [2.75, 3.05) is 0 Å². The lowest BCUT2D eigenvalue weighted by Crippen LogP contribution is -2.30. The normalized spacial score (nSPS) is 23.4. The zero-order valence-corrected chi connectivity index (χ0v) is 12.5. The number of fused-ring (bicyclic) bond motifs is 1. The number of aldehydes is 1. The second-order valence-corrected chi connectivity index (χ2v) is 6.51. The van der Waals surface area contributed by atoms with Gasteiger partial charge in [-0.1, -0.05) is 12.1 Å². The molecule has 3 nitrogen and oxygen atoms in total. The predicted octanol–water partition coefficient (Wildman–Crippen LogP) is 3.04. The molecule has 0 spiro atoms. The Kier molecular flexibility index (Phi) is 2.90. The van der Waals surface area contributed by atoms with Gasteiger partial charge in [0.2, 0.25) is 0 Å². The first-order chi connectivity index (χ1) is 10.6. The molecule has 112 valence electrons. The van der Waals surface area contributed by atoms with Gasteiger partial charge in [-0.2, -0.15) is 0 Å². The van der Waals surface area contributed by atoms with Gasteiger partial charge in [0, 0.05) is 24.2 Å². The first kappa shape index (κ1) is 13.6. The summed E-state index contributed by atoms with van der Waals surface area (Å²) in [5, 5.41) is 0. The molecule has 0 bridgehead atoms. The second kappa shape index (κ2) is 4.70. The van der Waals surface area contributed by atoms with Crippen LogP contribution in [0.5, 0.6) is 0 Å². The lowest BCUT2D eigenvalue weighted by molar-refractivity contribution is -0.112. The van der Waals surface area contributed by atoms with Crippen LogP contribution in [0.3, 0.4) is 0 Å². The molecule has 2 aromatic rings. The molecule has 22 heavy (non-hydrogen) atoms. The van der Waals surface area contributed by atoms with Crippen molar-refractivity contribution in [2.24, 2.45) is 0 Å². The van der Waals surface area contributed by atoms with E-state index in [1.165, 1.54) is 6.07 Å². The van der Waals surface area contributed by atoms with E-state index in [-0.39, 0.29) is 5.82 Å². The fourth-order valence-electron chi connectivity index (χ4n) is 3.48. The monoisotopic (exact) mass is 296 g/mol. The number of carbonyl (C=O) groups is 1. The standard InChI is InChI=1S/C18H17FN2O/c1-11-14(3-2-4-15(11)19)18(10-22)7-13-9-20-17(12-5-6-12)21-16(13)8-18/h2-4,9-10,12H,5-8H2,1H3/t18-/m0/s1. The van der Waals surface area contributed by atoms with Crippen molar-refractivity contribution in [2.45, 2.75) is 43.9 Å². The Hall–Kier alpha value is -2.10. The molecule has 2 aliphatic rings. The highest BCUT2D eigenvalue weighted by Gasteiger charge is 2.42. The third-order valence-electron chi connectivity index (χ3n) is 4.93. The van der Waals surface area contributed by atoms with E-state index in [2.05, 4.69) is 9.97 Å². The van der Waals surface area contributed by atoms with Gasteiger partial charge in [0.15, 0.2) is 0 Å². The molecule has 2 aliphatic carbocycles. The van der Waals surface area contributed by atoms with E-state index < -0.39 is 5.41 Å². The molecular weight excluding hydrogens is 279 g/mol. The van der Waals surface area contributed by atoms with Gasteiger partial charge in [-0.3, -0.25) is 0 Å². The van der Waals surface area contributed by atoms with Gasteiger partial charge in [-0.15, -0.1) is 0 Å². The summed E-state index contributed by atoms with van der Waals surface area (Å²) in [7, 11) is 0. The molecule has 1 fully saturated rings.